The van der Waals surface area contributed by atoms with Gasteiger partial charge in [0.15, 0.2) is 0 Å². The first-order valence-electron chi connectivity index (χ1n) is 5.71. The Labute approximate surface area is 104 Å². The smallest absolute Gasteiger partial charge is 0.211 e. The zero-order chi connectivity index (χ0) is 12.9. The number of benzene rings is 1. The van der Waals surface area contributed by atoms with E-state index in [1.807, 2.05) is 49.2 Å². The second-order valence-electron chi connectivity index (χ2n) is 4.14. The third-order valence-corrected chi connectivity index (χ3v) is 4.03. The van der Waals surface area contributed by atoms with E-state index < -0.39 is 10.0 Å². The first-order valence-corrected chi connectivity index (χ1v) is 7.36. The molecule has 0 fully saturated rings. The molecule has 0 amide bonds. The van der Waals surface area contributed by atoms with Crippen molar-refractivity contribution in [3.63, 3.8) is 0 Å². The standard InChI is InChI=1S/C12H20N2O2S/c1-4-17(15,16)13-11(2)10-14(3)12-8-6-5-7-9-12/h5-9,11,13H,4,10H2,1-3H3. The fourth-order valence-electron chi connectivity index (χ4n) is 1.63. The first kappa shape index (κ1) is 14.0. The Balaban J connectivity index is 2.55. The van der Waals surface area contributed by atoms with E-state index in [-0.39, 0.29) is 11.8 Å². The highest BCUT2D eigenvalue weighted by Gasteiger charge is 2.13. The van der Waals surface area contributed by atoms with Gasteiger partial charge in [-0.25, -0.2) is 13.1 Å². The van der Waals surface area contributed by atoms with Crippen LogP contribution < -0.4 is 9.62 Å². The number of hydrogen-bond donors (Lipinski definition) is 1. The van der Waals surface area contributed by atoms with Gasteiger partial charge in [0.25, 0.3) is 0 Å². The first-order chi connectivity index (χ1) is 7.94. The molecule has 0 bridgehead atoms. The van der Waals surface area contributed by atoms with E-state index >= 15 is 0 Å². The second kappa shape index (κ2) is 6.02. The Hall–Kier alpha value is -1.07. The molecule has 1 rings (SSSR count). The number of likely N-dealkylation sites (N-methyl/N-ethyl adjacent to an activating group) is 1. The Kier molecular flexibility index (Phi) is 4.96. The van der Waals surface area contributed by atoms with Crippen molar-refractivity contribution in [1.29, 1.82) is 0 Å². The minimum Gasteiger partial charge on any atom is -0.373 e. The summed E-state index contributed by atoms with van der Waals surface area (Å²) in [6.45, 7) is 4.14. The van der Waals surface area contributed by atoms with Crippen molar-refractivity contribution in [3.8, 4) is 0 Å². The molecule has 1 unspecified atom stereocenters. The minimum atomic E-state index is -3.12. The van der Waals surface area contributed by atoms with Gasteiger partial charge in [0.2, 0.25) is 10.0 Å². The summed E-state index contributed by atoms with van der Waals surface area (Å²) >= 11 is 0. The van der Waals surface area contributed by atoms with Gasteiger partial charge in [-0.3, -0.25) is 0 Å². The Morgan fingerprint density at radius 3 is 2.41 bits per heavy atom. The highest BCUT2D eigenvalue weighted by molar-refractivity contribution is 7.89. The molecule has 0 aliphatic heterocycles. The molecular weight excluding hydrogens is 236 g/mol. The summed E-state index contributed by atoms with van der Waals surface area (Å²) in [5.41, 5.74) is 1.08. The van der Waals surface area contributed by atoms with Gasteiger partial charge in [-0.05, 0) is 26.0 Å². The number of hydrogen-bond acceptors (Lipinski definition) is 3. The van der Waals surface area contributed by atoms with Crippen molar-refractivity contribution in [2.45, 2.75) is 19.9 Å². The number of nitrogens with one attached hydrogen (secondary N) is 1. The molecule has 4 nitrogen and oxygen atoms in total. The fraction of sp³-hybridized carbons (Fsp3) is 0.500. The highest BCUT2D eigenvalue weighted by atomic mass is 32.2. The van der Waals surface area contributed by atoms with Crippen LogP contribution in [-0.4, -0.2) is 33.8 Å². The summed E-state index contributed by atoms with van der Waals surface area (Å²) in [6.07, 6.45) is 0. The summed E-state index contributed by atoms with van der Waals surface area (Å²) in [5, 5.41) is 0. The molecule has 17 heavy (non-hydrogen) atoms. The lowest BCUT2D eigenvalue weighted by Crippen LogP contribution is -2.41. The average Bonchev–Trinajstić information content (AvgIpc) is 2.29. The predicted molar refractivity (Wildman–Crippen MR) is 71.8 cm³/mol. The molecule has 0 aromatic heterocycles. The summed E-state index contributed by atoms with van der Waals surface area (Å²) in [7, 11) is -1.17. The minimum absolute atomic E-state index is 0.106. The van der Waals surface area contributed by atoms with Gasteiger partial charge < -0.3 is 4.90 Å². The van der Waals surface area contributed by atoms with E-state index in [1.54, 1.807) is 6.92 Å². The molecule has 0 spiro atoms. The summed E-state index contributed by atoms with van der Waals surface area (Å²) in [4.78, 5) is 2.03. The Morgan fingerprint density at radius 1 is 1.29 bits per heavy atom. The van der Waals surface area contributed by atoms with E-state index in [4.69, 9.17) is 0 Å². The summed E-state index contributed by atoms with van der Waals surface area (Å²) in [5.74, 6) is 0.117. The summed E-state index contributed by atoms with van der Waals surface area (Å²) in [6, 6.07) is 9.78. The molecule has 1 atom stereocenters. The van der Waals surface area contributed by atoms with Crippen LogP contribution in [-0.2, 0) is 10.0 Å². The quantitative estimate of drug-likeness (QED) is 0.838. The van der Waals surface area contributed by atoms with Crippen LogP contribution in [0, 0.1) is 0 Å². The largest absolute Gasteiger partial charge is 0.373 e. The number of sulfonamides is 1. The average molecular weight is 256 g/mol. The van der Waals surface area contributed by atoms with Crippen LogP contribution in [0.2, 0.25) is 0 Å². The number of para-hydroxylation sites is 1. The predicted octanol–water partition coefficient (Wildman–Crippen LogP) is 1.45. The van der Waals surface area contributed by atoms with E-state index in [1.165, 1.54) is 0 Å². The van der Waals surface area contributed by atoms with Crippen molar-refractivity contribution in [3.05, 3.63) is 30.3 Å². The van der Waals surface area contributed by atoms with Gasteiger partial charge in [-0.1, -0.05) is 18.2 Å². The molecule has 96 valence electrons. The Bertz CT molecular complexity index is 431. The molecule has 5 heteroatoms. The molecule has 0 heterocycles. The third kappa shape index (κ3) is 4.75. The van der Waals surface area contributed by atoms with Crippen LogP contribution in [0.5, 0.6) is 0 Å². The van der Waals surface area contributed by atoms with Crippen molar-refractivity contribution in [1.82, 2.24) is 4.72 Å². The maximum atomic E-state index is 11.4. The van der Waals surface area contributed by atoms with Gasteiger partial charge in [0.05, 0.1) is 5.75 Å². The molecule has 0 aliphatic rings. The molecule has 0 aliphatic carbocycles. The normalized spacial score (nSPS) is 13.4. The number of rotatable bonds is 6. The molecule has 1 aromatic carbocycles. The van der Waals surface area contributed by atoms with Gasteiger partial charge >= 0.3 is 0 Å². The number of nitrogens with zero attached hydrogens (tertiary/aromatic N) is 1. The SMILES string of the molecule is CCS(=O)(=O)NC(C)CN(C)c1ccccc1. The van der Waals surface area contributed by atoms with Crippen molar-refractivity contribution in [2.75, 3.05) is 24.2 Å². The van der Waals surface area contributed by atoms with Crippen LogP contribution in [0.25, 0.3) is 0 Å². The van der Waals surface area contributed by atoms with Crippen LogP contribution >= 0.6 is 0 Å². The van der Waals surface area contributed by atoms with Crippen LogP contribution in [0.15, 0.2) is 30.3 Å². The maximum Gasteiger partial charge on any atom is 0.211 e. The van der Waals surface area contributed by atoms with Crippen molar-refractivity contribution < 1.29 is 8.42 Å². The molecular formula is C12H20N2O2S. The topological polar surface area (TPSA) is 49.4 Å². The monoisotopic (exact) mass is 256 g/mol. The van der Waals surface area contributed by atoms with E-state index in [2.05, 4.69) is 4.72 Å². The third-order valence-electron chi connectivity index (χ3n) is 2.51. The molecule has 0 saturated carbocycles. The molecule has 0 radical (unpaired) electrons. The lowest BCUT2D eigenvalue weighted by molar-refractivity contribution is 0.561. The lowest BCUT2D eigenvalue weighted by Gasteiger charge is -2.23. The van der Waals surface area contributed by atoms with Gasteiger partial charge in [-0.15, -0.1) is 0 Å². The van der Waals surface area contributed by atoms with Crippen LogP contribution in [0.1, 0.15) is 13.8 Å². The zero-order valence-electron chi connectivity index (χ0n) is 10.6. The molecule has 1 N–H and O–H groups in total. The Morgan fingerprint density at radius 2 is 1.88 bits per heavy atom. The van der Waals surface area contributed by atoms with E-state index in [0.717, 1.165) is 5.69 Å². The van der Waals surface area contributed by atoms with E-state index in [0.29, 0.717) is 6.54 Å². The maximum absolute atomic E-state index is 11.4. The van der Waals surface area contributed by atoms with Gasteiger partial charge in [-0.2, -0.15) is 0 Å². The lowest BCUT2D eigenvalue weighted by atomic mass is 10.2. The highest BCUT2D eigenvalue weighted by Crippen LogP contribution is 2.11. The van der Waals surface area contributed by atoms with Gasteiger partial charge in [0, 0.05) is 25.3 Å². The zero-order valence-corrected chi connectivity index (χ0v) is 11.4. The van der Waals surface area contributed by atoms with Crippen molar-refractivity contribution in [2.24, 2.45) is 0 Å². The number of anilines is 1. The summed E-state index contributed by atoms with van der Waals surface area (Å²) < 4.78 is 25.4. The molecule has 1 aromatic rings. The van der Waals surface area contributed by atoms with E-state index in [9.17, 15) is 8.42 Å². The fourth-order valence-corrected chi connectivity index (χ4v) is 2.48. The van der Waals surface area contributed by atoms with Gasteiger partial charge in [0.1, 0.15) is 0 Å². The van der Waals surface area contributed by atoms with Crippen molar-refractivity contribution >= 4 is 15.7 Å². The molecule has 0 saturated heterocycles. The second-order valence-corrected chi connectivity index (χ2v) is 6.18. The van der Waals surface area contributed by atoms with Crippen LogP contribution in [0.3, 0.4) is 0 Å². The van der Waals surface area contributed by atoms with Crippen LogP contribution in [0.4, 0.5) is 5.69 Å².